The molecule has 4 nitrogen and oxygen atoms in total. The van der Waals surface area contributed by atoms with Crippen LogP contribution in [0, 0.1) is 10.8 Å². The highest BCUT2D eigenvalue weighted by atomic mass is 127. The van der Waals surface area contributed by atoms with Gasteiger partial charge in [0.2, 0.25) is 0 Å². The normalized spacial score (nSPS) is 12.5. The molecular weight excluding hydrogens is 662 g/mol. The van der Waals surface area contributed by atoms with Crippen LogP contribution >= 0.6 is 45.2 Å². The minimum absolute atomic E-state index is 0.0656. The van der Waals surface area contributed by atoms with Gasteiger partial charge in [-0.3, -0.25) is 0 Å². The van der Waals surface area contributed by atoms with Gasteiger partial charge in [-0.1, -0.05) is 97.1 Å². The molecule has 0 aliphatic heterocycles. The van der Waals surface area contributed by atoms with E-state index in [1.54, 1.807) is 0 Å². The van der Waals surface area contributed by atoms with E-state index in [4.69, 9.17) is 9.47 Å². The van der Waals surface area contributed by atoms with Gasteiger partial charge in [0.05, 0.1) is 13.2 Å². The summed E-state index contributed by atoms with van der Waals surface area (Å²) in [4.78, 5) is 4.45. The first-order chi connectivity index (χ1) is 16.3. The van der Waals surface area contributed by atoms with Crippen molar-refractivity contribution in [1.29, 1.82) is 0 Å². The Kier molecular flexibility index (Phi) is 12.1. The molecule has 35 heavy (non-hydrogen) atoms. The maximum absolute atomic E-state index is 6.45. The predicted molar refractivity (Wildman–Crippen MR) is 167 cm³/mol. The first-order valence-corrected chi connectivity index (χ1v) is 15.3. The molecule has 0 aliphatic carbocycles. The molecule has 0 saturated carbocycles. The van der Waals surface area contributed by atoms with Crippen LogP contribution in [-0.4, -0.2) is 64.3 Å². The molecule has 196 valence electrons. The molecule has 0 heterocycles. The van der Waals surface area contributed by atoms with Crippen molar-refractivity contribution in [3.05, 3.63) is 58.7 Å². The average Bonchev–Trinajstić information content (AvgIpc) is 2.75. The van der Waals surface area contributed by atoms with Gasteiger partial charge in [-0.25, -0.2) is 0 Å². The molecule has 0 bridgehead atoms. The Balaban J connectivity index is 2.32. The van der Waals surface area contributed by atoms with Crippen LogP contribution < -0.4 is 9.47 Å². The van der Waals surface area contributed by atoms with Crippen molar-refractivity contribution in [2.45, 2.75) is 43.0 Å². The second-order valence-electron chi connectivity index (χ2n) is 11.7. The smallest absolute Gasteiger partial charge is 0.122 e. The summed E-state index contributed by atoms with van der Waals surface area (Å²) in [6.07, 6.45) is 0.793. The Labute approximate surface area is 241 Å². The van der Waals surface area contributed by atoms with E-state index in [0.29, 0.717) is 13.2 Å². The molecule has 0 aliphatic rings. The molecule has 0 atom stereocenters. The summed E-state index contributed by atoms with van der Waals surface area (Å²) < 4.78 is 14.9. The third-order valence-electron chi connectivity index (χ3n) is 5.66. The Morgan fingerprint density at radius 2 is 1.03 bits per heavy atom. The molecular formula is C29H44I2N2O2. The number of alkyl halides is 2. The summed E-state index contributed by atoms with van der Waals surface area (Å²) in [5, 5.41) is 0. The van der Waals surface area contributed by atoms with E-state index in [1.807, 2.05) is 0 Å². The number of hydrogen-bond donors (Lipinski definition) is 0. The van der Waals surface area contributed by atoms with E-state index in [1.165, 1.54) is 22.3 Å². The largest absolute Gasteiger partial charge is 0.493 e. The minimum atomic E-state index is 0.0656. The fraction of sp³-hybridized carbons (Fsp3) is 0.586. The molecule has 0 unspecified atom stereocenters. The average molecular weight is 706 g/mol. The van der Waals surface area contributed by atoms with Gasteiger partial charge >= 0.3 is 0 Å². The molecule has 2 aromatic carbocycles. The highest BCUT2D eigenvalue weighted by Crippen LogP contribution is 2.32. The van der Waals surface area contributed by atoms with E-state index < -0.39 is 0 Å². The van der Waals surface area contributed by atoms with E-state index >= 15 is 0 Å². The van der Waals surface area contributed by atoms with Crippen LogP contribution in [0.2, 0.25) is 0 Å². The Morgan fingerprint density at radius 3 is 1.34 bits per heavy atom. The van der Waals surface area contributed by atoms with Crippen molar-refractivity contribution in [2.24, 2.45) is 10.8 Å². The van der Waals surface area contributed by atoms with Gasteiger partial charge in [0.1, 0.15) is 11.5 Å². The van der Waals surface area contributed by atoms with Gasteiger partial charge in [-0.05, 0) is 62.6 Å². The Morgan fingerprint density at radius 1 is 0.657 bits per heavy atom. The van der Waals surface area contributed by atoms with Gasteiger partial charge in [-0.15, -0.1) is 0 Å². The second-order valence-corrected chi connectivity index (χ2v) is 13.2. The van der Waals surface area contributed by atoms with Crippen LogP contribution in [0.25, 0.3) is 0 Å². The molecule has 0 saturated heterocycles. The Bertz CT molecular complexity index is 867. The SMILES string of the molecule is CN(C)CC(C)(C)COc1ccc(CI)cc1Cc1cc(CI)ccc1OCC(C)(C)CN(C)C. The van der Waals surface area contributed by atoms with E-state index in [0.717, 1.165) is 39.9 Å². The minimum Gasteiger partial charge on any atom is -0.493 e. The van der Waals surface area contributed by atoms with Crippen LogP contribution in [0.3, 0.4) is 0 Å². The first kappa shape index (κ1) is 30.6. The van der Waals surface area contributed by atoms with Gasteiger partial charge in [0.15, 0.2) is 0 Å². The first-order valence-electron chi connectivity index (χ1n) is 12.2. The third kappa shape index (κ3) is 10.7. The summed E-state index contributed by atoms with van der Waals surface area (Å²) in [5.74, 6) is 1.95. The van der Waals surface area contributed by atoms with Crippen molar-refractivity contribution in [3.8, 4) is 11.5 Å². The number of rotatable bonds is 14. The van der Waals surface area contributed by atoms with Crippen LogP contribution in [0.4, 0.5) is 0 Å². The quantitative estimate of drug-likeness (QED) is 0.155. The van der Waals surface area contributed by atoms with Crippen molar-refractivity contribution >= 4 is 45.2 Å². The molecule has 0 radical (unpaired) electrons. The van der Waals surface area contributed by atoms with Crippen molar-refractivity contribution in [1.82, 2.24) is 9.80 Å². The zero-order valence-electron chi connectivity index (χ0n) is 22.9. The van der Waals surface area contributed by atoms with Crippen molar-refractivity contribution in [3.63, 3.8) is 0 Å². The third-order valence-corrected chi connectivity index (χ3v) is 7.43. The summed E-state index contributed by atoms with van der Waals surface area (Å²) in [5.41, 5.74) is 5.22. The number of benzene rings is 2. The molecule has 0 amide bonds. The van der Waals surface area contributed by atoms with Gasteiger partial charge in [0, 0.05) is 39.2 Å². The fourth-order valence-corrected chi connectivity index (χ4v) is 5.49. The predicted octanol–water partition coefficient (Wildman–Crippen LogP) is 7.08. The highest BCUT2D eigenvalue weighted by Gasteiger charge is 2.23. The fourth-order valence-electron chi connectivity index (χ4n) is 4.54. The van der Waals surface area contributed by atoms with Crippen LogP contribution in [-0.2, 0) is 15.3 Å². The van der Waals surface area contributed by atoms with E-state index in [9.17, 15) is 0 Å². The van der Waals surface area contributed by atoms with Crippen molar-refractivity contribution in [2.75, 3.05) is 54.5 Å². The zero-order chi connectivity index (χ0) is 26.2. The molecule has 2 rings (SSSR count). The van der Waals surface area contributed by atoms with Crippen molar-refractivity contribution < 1.29 is 9.47 Å². The molecule has 0 fully saturated rings. The Hall–Kier alpha value is -0.580. The summed E-state index contributed by atoms with van der Waals surface area (Å²) in [6.45, 7) is 12.4. The lowest BCUT2D eigenvalue weighted by atomic mass is 9.94. The molecule has 6 heteroatoms. The summed E-state index contributed by atoms with van der Waals surface area (Å²) >= 11 is 4.87. The van der Waals surface area contributed by atoms with Crippen LogP contribution in [0.1, 0.15) is 49.9 Å². The molecule has 0 N–H and O–H groups in total. The monoisotopic (exact) mass is 706 g/mol. The molecule has 0 spiro atoms. The second kappa shape index (κ2) is 13.8. The van der Waals surface area contributed by atoms with Gasteiger partial charge in [-0.2, -0.15) is 0 Å². The molecule has 2 aromatic rings. The maximum Gasteiger partial charge on any atom is 0.122 e. The van der Waals surface area contributed by atoms with Gasteiger partial charge in [0.25, 0.3) is 0 Å². The summed E-state index contributed by atoms with van der Waals surface area (Å²) in [7, 11) is 8.46. The highest BCUT2D eigenvalue weighted by molar-refractivity contribution is 14.1. The summed E-state index contributed by atoms with van der Waals surface area (Å²) in [6, 6.07) is 13.3. The van der Waals surface area contributed by atoms with Gasteiger partial charge < -0.3 is 19.3 Å². The van der Waals surface area contributed by atoms with E-state index in [-0.39, 0.29) is 10.8 Å². The maximum atomic E-state index is 6.45. The van der Waals surface area contributed by atoms with Crippen LogP contribution in [0.15, 0.2) is 36.4 Å². The standard InChI is InChI=1S/C29H44I2N2O2/c1-28(2,18-32(5)6)20-34-26-11-9-22(16-30)13-24(26)15-25-14-23(17-31)10-12-27(25)35-21-29(3,4)19-33(7)8/h9-14H,15-21H2,1-8H3. The number of ether oxygens (including phenoxy) is 2. The number of nitrogens with zero attached hydrogens (tertiary/aromatic N) is 2. The molecule has 0 aromatic heterocycles. The van der Waals surface area contributed by atoms with E-state index in [2.05, 4.69) is 147 Å². The number of hydrogen-bond acceptors (Lipinski definition) is 4. The lowest BCUT2D eigenvalue weighted by molar-refractivity contribution is 0.139. The lowest BCUT2D eigenvalue weighted by Gasteiger charge is -2.29. The van der Waals surface area contributed by atoms with Crippen LogP contribution in [0.5, 0.6) is 11.5 Å². The topological polar surface area (TPSA) is 24.9 Å². The lowest BCUT2D eigenvalue weighted by Crippen LogP contribution is -2.33. The zero-order valence-corrected chi connectivity index (χ0v) is 27.2. The number of halogens is 2.